The van der Waals surface area contributed by atoms with Crippen molar-refractivity contribution in [2.75, 3.05) is 32.4 Å². The predicted molar refractivity (Wildman–Crippen MR) is 112 cm³/mol. The van der Waals surface area contributed by atoms with Crippen LogP contribution in [0, 0.1) is 0 Å². The van der Waals surface area contributed by atoms with Crippen molar-refractivity contribution in [2.45, 2.75) is 30.8 Å². The Morgan fingerprint density at radius 2 is 1.79 bits per heavy atom. The zero-order chi connectivity index (χ0) is 21.1. The van der Waals surface area contributed by atoms with Gasteiger partial charge in [-0.1, -0.05) is 18.7 Å². The van der Waals surface area contributed by atoms with Gasteiger partial charge in [-0.05, 0) is 12.5 Å². The van der Waals surface area contributed by atoms with Gasteiger partial charge in [0.25, 0.3) is 5.56 Å². The van der Waals surface area contributed by atoms with Crippen LogP contribution in [0.1, 0.15) is 36.8 Å². The number of nitrogens with one attached hydrogen (secondary N) is 1. The summed E-state index contributed by atoms with van der Waals surface area (Å²) in [7, 11) is 6.41. The second-order valence-corrected chi connectivity index (χ2v) is 7.69. The molecule has 3 rings (SSSR count). The first-order chi connectivity index (χ1) is 13.9. The van der Waals surface area contributed by atoms with E-state index in [4.69, 9.17) is 14.2 Å². The van der Waals surface area contributed by atoms with Crippen molar-refractivity contribution >= 4 is 23.5 Å². The zero-order valence-corrected chi connectivity index (χ0v) is 18.0. The number of hydrogen-bond acceptors (Lipinski definition) is 7. The summed E-state index contributed by atoms with van der Waals surface area (Å²) >= 11 is 1.49. The van der Waals surface area contributed by atoms with Gasteiger partial charge in [-0.2, -0.15) is 4.98 Å². The van der Waals surface area contributed by atoms with Crippen LogP contribution in [-0.2, 0) is 11.8 Å². The lowest BCUT2D eigenvalue weighted by Crippen LogP contribution is -2.33. The Kier molecular flexibility index (Phi) is 6.36. The molecule has 0 radical (unpaired) electrons. The fraction of sp³-hybridized carbons (Fsp3) is 0.450. The fourth-order valence-corrected chi connectivity index (χ4v) is 4.27. The number of ether oxygens (including phenoxy) is 3. The van der Waals surface area contributed by atoms with E-state index in [0.29, 0.717) is 39.3 Å². The summed E-state index contributed by atoms with van der Waals surface area (Å²) in [5, 5.41) is 3.43. The van der Waals surface area contributed by atoms with E-state index >= 15 is 0 Å². The standard InChI is InChI=1S/C20H25N3O5S/c1-6-7-29-20-22-19(25)17-12(9-16(24)21-18(17)23(20)2)11-8-14(27-4)15(28-5)10-13(11)26-3/h8,10,12H,6-7,9H2,1-5H3,(H,21,24)/t12-/m0/s1. The summed E-state index contributed by atoms with van der Waals surface area (Å²) in [6.07, 6.45) is 1.06. The van der Waals surface area contributed by atoms with Crippen LogP contribution < -0.4 is 25.1 Å². The first kappa shape index (κ1) is 21.0. The quantitative estimate of drug-likeness (QED) is 0.545. The highest BCUT2D eigenvalue weighted by atomic mass is 32.2. The molecular formula is C20H25N3O5S. The molecule has 1 aromatic carbocycles. The largest absolute Gasteiger partial charge is 0.496 e. The number of benzene rings is 1. The number of rotatable bonds is 7. The number of anilines is 1. The second kappa shape index (κ2) is 8.77. The van der Waals surface area contributed by atoms with E-state index < -0.39 is 5.92 Å². The summed E-state index contributed by atoms with van der Waals surface area (Å²) < 4.78 is 18.1. The molecule has 1 aliphatic heterocycles. The highest BCUT2D eigenvalue weighted by Gasteiger charge is 2.34. The topological polar surface area (TPSA) is 91.7 Å². The van der Waals surface area contributed by atoms with Crippen LogP contribution in [0.5, 0.6) is 17.2 Å². The molecule has 0 aliphatic carbocycles. The monoisotopic (exact) mass is 419 g/mol. The van der Waals surface area contributed by atoms with Crippen molar-refractivity contribution in [3.63, 3.8) is 0 Å². The first-order valence-electron chi connectivity index (χ1n) is 9.28. The minimum absolute atomic E-state index is 0.108. The first-order valence-corrected chi connectivity index (χ1v) is 10.3. The number of fused-ring (bicyclic) bond motifs is 1. The van der Waals surface area contributed by atoms with E-state index in [1.165, 1.54) is 33.1 Å². The van der Waals surface area contributed by atoms with E-state index in [2.05, 4.69) is 17.2 Å². The van der Waals surface area contributed by atoms with Crippen LogP contribution >= 0.6 is 11.8 Å². The molecule has 1 N–H and O–H groups in total. The normalized spacial score (nSPS) is 15.5. The number of hydrogen-bond donors (Lipinski definition) is 1. The van der Waals surface area contributed by atoms with Crippen LogP contribution in [0.2, 0.25) is 0 Å². The van der Waals surface area contributed by atoms with Crippen molar-refractivity contribution in [3.8, 4) is 17.2 Å². The third-order valence-electron chi connectivity index (χ3n) is 4.85. The molecule has 0 fully saturated rings. The average Bonchev–Trinajstić information content (AvgIpc) is 2.73. The molecule has 156 valence electrons. The van der Waals surface area contributed by atoms with Gasteiger partial charge >= 0.3 is 0 Å². The minimum Gasteiger partial charge on any atom is -0.496 e. The Hall–Kier alpha value is -2.68. The molecule has 0 saturated carbocycles. The second-order valence-electron chi connectivity index (χ2n) is 6.62. The number of methoxy groups -OCH3 is 3. The fourth-order valence-electron chi connectivity index (χ4n) is 3.45. The van der Waals surface area contributed by atoms with Crippen molar-refractivity contribution < 1.29 is 19.0 Å². The van der Waals surface area contributed by atoms with E-state index in [-0.39, 0.29) is 17.9 Å². The van der Waals surface area contributed by atoms with Gasteiger partial charge in [0.15, 0.2) is 16.7 Å². The highest BCUT2D eigenvalue weighted by molar-refractivity contribution is 7.99. The number of thioether (sulfide) groups is 1. The lowest BCUT2D eigenvalue weighted by atomic mass is 9.86. The molecule has 29 heavy (non-hydrogen) atoms. The Balaban J connectivity index is 2.21. The van der Waals surface area contributed by atoms with Crippen molar-refractivity contribution in [2.24, 2.45) is 7.05 Å². The van der Waals surface area contributed by atoms with E-state index in [1.807, 2.05) is 0 Å². The van der Waals surface area contributed by atoms with Gasteiger partial charge in [-0.15, -0.1) is 0 Å². The van der Waals surface area contributed by atoms with Crippen LogP contribution in [-0.4, -0.2) is 42.5 Å². The smallest absolute Gasteiger partial charge is 0.279 e. The van der Waals surface area contributed by atoms with Crippen molar-refractivity contribution in [1.29, 1.82) is 0 Å². The average molecular weight is 420 g/mol. The van der Waals surface area contributed by atoms with Crippen molar-refractivity contribution in [3.05, 3.63) is 33.6 Å². The molecule has 2 heterocycles. The molecule has 1 amide bonds. The molecular weight excluding hydrogens is 394 g/mol. The number of nitrogens with zero attached hydrogens (tertiary/aromatic N) is 2. The molecule has 1 aliphatic rings. The summed E-state index contributed by atoms with van der Waals surface area (Å²) in [5.74, 6) is 2.14. The van der Waals surface area contributed by atoms with E-state index in [1.54, 1.807) is 23.7 Å². The zero-order valence-electron chi connectivity index (χ0n) is 17.2. The summed E-state index contributed by atoms with van der Waals surface area (Å²) in [6.45, 7) is 2.06. The van der Waals surface area contributed by atoms with Gasteiger partial charge in [-0.25, -0.2) is 0 Å². The molecule has 1 aromatic heterocycles. The molecule has 0 spiro atoms. The SMILES string of the molecule is CCCSc1nc(=O)c2c(n1C)NC(=O)C[C@H]2c1cc(OC)c(OC)cc1OC. The highest BCUT2D eigenvalue weighted by Crippen LogP contribution is 2.44. The van der Waals surface area contributed by atoms with Gasteiger partial charge in [0.1, 0.15) is 11.6 Å². The Morgan fingerprint density at radius 1 is 1.14 bits per heavy atom. The number of amides is 1. The molecule has 0 saturated heterocycles. The Labute approximate surface area is 173 Å². The van der Waals surface area contributed by atoms with Crippen LogP contribution in [0.4, 0.5) is 5.82 Å². The molecule has 8 nitrogen and oxygen atoms in total. The maximum atomic E-state index is 13.0. The van der Waals surface area contributed by atoms with Gasteiger partial charge in [0, 0.05) is 36.8 Å². The lowest BCUT2D eigenvalue weighted by Gasteiger charge is -2.28. The van der Waals surface area contributed by atoms with E-state index in [9.17, 15) is 9.59 Å². The van der Waals surface area contributed by atoms with Gasteiger partial charge < -0.3 is 24.1 Å². The maximum absolute atomic E-state index is 13.0. The lowest BCUT2D eigenvalue weighted by molar-refractivity contribution is -0.116. The van der Waals surface area contributed by atoms with Gasteiger partial charge in [0.05, 0.1) is 26.9 Å². The minimum atomic E-state index is -0.509. The van der Waals surface area contributed by atoms with Gasteiger partial charge in [0.2, 0.25) is 5.91 Å². The molecule has 0 unspecified atom stereocenters. The number of carbonyl (C=O) groups excluding carboxylic acids is 1. The van der Waals surface area contributed by atoms with Crippen LogP contribution in [0.15, 0.2) is 22.1 Å². The van der Waals surface area contributed by atoms with Crippen LogP contribution in [0.3, 0.4) is 0 Å². The van der Waals surface area contributed by atoms with E-state index in [0.717, 1.165) is 12.2 Å². The molecule has 1 atom stereocenters. The Morgan fingerprint density at radius 3 is 2.41 bits per heavy atom. The third-order valence-corrected chi connectivity index (χ3v) is 6.08. The third kappa shape index (κ3) is 3.91. The summed E-state index contributed by atoms with van der Waals surface area (Å²) in [5.41, 5.74) is 0.770. The predicted octanol–water partition coefficient (Wildman–Crippen LogP) is 2.78. The number of carbonyl (C=O) groups is 1. The molecule has 0 bridgehead atoms. The van der Waals surface area contributed by atoms with Crippen LogP contribution in [0.25, 0.3) is 0 Å². The van der Waals surface area contributed by atoms with Crippen molar-refractivity contribution in [1.82, 2.24) is 9.55 Å². The summed E-state index contributed by atoms with van der Waals surface area (Å²) in [4.78, 5) is 29.8. The maximum Gasteiger partial charge on any atom is 0.279 e. The molecule has 9 heteroatoms. The number of aromatic nitrogens is 2. The Bertz CT molecular complexity index is 989. The molecule has 2 aromatic rings. The van der Waals surface area contributed by atoms with Gasteiger partial charge in [-0.3, -0.25) is 9.59 Å². The summed E-state index contributed by atoms with van der Waals surface area (Å²) in [6, 6.07) is 3.45.